The van der Waals surface area contributed by atoms with E-state index in [4.69, 9.17) is 5.73 Å². The molecule has 1 saturated carbocycles. The maximum atomic E-state index is 12.4. The lowest BCUT2D eigenvalue weighted by Gasteiger charge is -2.16. The zero-order valence-corrected chi connectivity index (χ0v) is 11.5. The Morgan fingerprint density at radius 2 is 1.70 bits per heavy atom. The van der Waals surface area contributed by atoms with E-state index in [1.54, 1.807) is 0 Å². The molecule has 2 aliphatic carbocycles. The normalized spacial score (nSPS) is 34.1. The predicted molar refractivity (Wildman–Crippen MR) is 72.1 cm³/mol. The summed E-state index contributed by atoms with van der Waals surface area (Å²) in [6.45, 7) is 0.489. The van der Waals surface area contributed by atoms with E-state index in [-0.39, 0.29) is 41.4 Å². The van der Waals surface area contributed by atoms with Gasteiger partial charge in [-0.05, 0) is 31.1 Å². The molecule has 3 rings (SSSR count). The van der Waals surface area contributed by atoms with Crippen LogP contribution in [0.2, 0.25) is 0 Å². The van der Waals surface area contributed by atoms with Crippen LogP contribution in [0, 0.1) is 23.7 Å². The average molecular weight is 276 g/mol. The van der Waals surface area contributed by atoms with Gasteiger partial charge in [-0.15, -0.1) is 0 Å². The second kappa shape index (κ2) is 5.04. The Kier molecular flexibility index (Phi) is 3.36. The van der Waals surface area contributed by atoms with Crippen molar-refractivity contribution in [2.45, 2.75) is 32.1 Å². The fourth-order valence-electron chi connectivity index (χ4n) is 3.93. The topological polar surface area (TPSA) is 80.5 Å². The highest BCUT2D eigenvalue weighted by molar-refractivity contribution is 6.06. The minimum Gasteiger partial charge on any atom is -0.370 e. The minimum atomic E-state index is -0.296. The lowest BCUT2D eigenvalue weighted by molar-refractivity contribution is -0.140. The van der Waals surface area contributed by atoms with Gasteiger partial charge < -0.3 is 5.73 Å². The third-order valence-electron chi connectivity index (χ3n) is 4.87. The molecule has 2 bridgehead atoms. The summed E-state index contributed by atoms with van der Waals surface area (Å²) >= 11 is 0. The first-order valence-corrected chi connectivity index (χ1v) is 7.41. The molecular weight excluding hydrogens is 256 g/mol. The summed E-state index contributed by atoms with van der Waals surface area (Å²) in [5.41, 5.74) is 5.08. The molecular formula is C15H20N2O3. The summed E-state index contributed by atoms with van der Waals surface area (Å²) in [6, 6.07) is 0. The number of rotatable bonds is 6. The van der Waals surface area contributed by atoms with Crippen LogP contribution in [-0.2, 0) is 14.4 Å². The molecule has 0 radical (unpaired) electrons. The summed E-state index contributed by atoms with van der Waals surface area (Å²) in [6.07, 6.45) is 7.86. The zero-order chi connectivity index (χ0) is 14.3. The van der Waals surface area contributed by atoms with E-state index in [1.807, 2.05) is 0 Å². The number of fused-ring (bicyclic) bond motifs is 5. The largest absolute Gasteiger partial charge is 0.370 e. The Morgan fingerprint density at radius 3 is 2.25 bits per heavy atom. The minimum absolute atomic E-state index is 0.0201. The van der Waals surface area contributed by atoms with Gasteiger partial charge in [0.1, 0.15) is 0 Å². The Morgan fingerprint density at radius 1 is 1.10 bits per heavy atom. The number of amides is 3. The maximum Gasteiger partial charge on any atom is 0.233 e. The Balaban J connectivity index is 1.53. The molecule has 1 saturated heterocycles. The maximum absolute atomic E-state index is 12.4. The summed E-state index contributed by atoms with van der Waals surface area (Å²) in [5, 5.41) is 0. The summed E-state index contributed by atoms with van der Waals surface area (Å²) in [4.78, 5) is 36.8. The second-order valence-corrected chi connectivity index (χ2v) is 6.10. The van der Waals surface area contributed by atoms with Crippen molar-refractivity contribution >= 4 is 17.7 Å². The van der Waals surface area contributed by atoms with Crippen molar-refractivity contribution in [1.82, 2.24) is 4.90 Å². The highest BCUT2D eigenvalue weighted by atomic mass is 16.2. The molecule has 2 unspecified atom stereocenters. The third-order valence-corrected chi connectivity index (χ3v) is 4.87. The van der Waals surface area contributed by atoms with E-state index in [9.17, 15) is 14.4 Å². The molecule has 0 aromatic rings. The van der Waals surface area contributed by atoms with E-state index in [0.29, 0.717) is 13.0 Å². The van der Waals surface area contributed by atoms with Crippen LogP contribution in [-0.4, -0.2) is 29.2 Å². The van der Waals surface area contributed by atoms with Gasteiger partial charge in [0.05, 0.1) is 11.8 Å². The van der Waals surface area contributed by atoms with E-state index in [1.165, 1.54) is 4.90 Å². The number of primary amides is 1. The lowest BCUT2D eigenvalue weighted by atomic mass is 9.85. The lowest BCUT2D eigenvalue weighted by Crippen LogP contribution is -2.33. The second-order valence-electron chi connectivity index (χ2n) is 6.10. The van der Waals surface area contributed by atoms with Crippen LogP contribution in [0.5, 0.6) is 0 Å². The highest BCUT2D eigenvalue weighted by Gasteiger charge is 2.58. The van der Waals surface area contributed by atoms with Crippen molar-refractivity contribution in [3.63, 3.8) is 0 Å². The van der Waals surface area contributed by atoms with Crippen LogP contribution in [0.15, 0.2) is 12.2 Å². The summed E-state index contributed by atoms with van der Waals surface area (Å²) in [7, 11) is 0. The number of unbranched alkanes of at least 4 members (excludes halogenated alkanes) is 2. The monoisotopic (exact) mass is 276 g/mol. The average Bonchev–Trinajstić information content (AvgIpc) is 3.06. The van der Waals surface area contributed by atoms with Gasteiger partial charge in [0.2, 0.25) is 17.7 Å². The molecule has 4 atom stereocenters. The third kappa shape index (κ3) is 2.05. The van der Waals surface area contributed by atoms with Gasteiger partial charge >= 0.3 is 0 Å². The van der Waals surface area contributed by atoms with Gasteiger partial charge in [-0.2, -0.15) is 0 Å². The molecule has 5 nitrogen and oxygen atoms in total. The number of nitrogens with zero attached hydrogens (tertiary/aromatic N) is 1. The molecule has 0 aromatic carbocycles. The first-order chi connectivity index (χ1) is 9.59. The van der Waals surface area contributed by atoms with E-state index >= 15 is 0 Å². The van der Waals surface area contributed by atoms with E-state index < -0.39 is 0 Å². The summed E-state index contributed by atoms with van der Waals surface area (Å²) in [5.74, 6) is 0.114. The van der Waals surface area contributed by atoms with Crippen LogP contribution in [0.25, 0.3) is 0 Å². The first-order valence-electron chi connectivity index (χ1n) is 7.41. The van der Waals surface area contributed by atoms with Gasteiger partial charge in [-0.1, -0.05) is 18.6 Å². The van der Waals surface area contributed by atoms with E-state index in [0.717, 1.165) is 25.7 Å². The molecule has 1 aliphatic heterocycles. The van der Waals surface area contributed by atoms with Crippen molar-refractivity contribution in [3.05, 3.63) is 12.2 Å². The zero-order valence-electron chi connectivity index (χ0n) is 11.5. The molecule has 5 heteroatoms. The molecule has 3 aliphatic rings. The SMILES string of the molecule is NC(=O)CCCCCN1C(=O)C2C(C1=O)[C@H]1C=C[C@@H]2C1. The summed E-state index contributed by atoms with van der Waals surface area (Å²) < 4.78 is 0. The fraction of sp³-hybridized carbons (Fsp3) is 0.667. The van der Waals surface area contributed by atoms with Crippen molar-refractivity contribution in [2.75, 3.05) is 6.54 Å². The van der Waals surface area contributed by atoms with Crippen LogP contribution in [0.3, 0.4) is 0 Å². The number of nitrogens with two attached hydrogens (primary N) is 1. The Bertz CT molecular complexity index is 456. The number of carbonyl (C=O) groups is 3. The van der Waals surface area contributed by atoms with Crippen LogP contribution >= 0.6 is 0 Å². The Hall–Kier alpha value is -1.65. The number of hydrogen-bond donors (Lipinski definition) is 1. The Labute approximate surface area is 118 Å². The van der Waals surface area contributed by atoms with Gasteiger partial charge in [-0.3, -0.25) is 19.3 Å². The molecule has 3 amide bonds. The number of likely N-dealkylation sites (tertiary alicyclic amines) is 1. The number of carbonyl (C=O) groups excluding carboxylic acids is 3. The fourth-order valence-corrected chi connectivity index (χ4v) is 3.93. The van der Waals surface area contributed by atoms with Gasteiger partial charge in [-0.25, -0.2) is 0 Å². The number of allylic oxidation sites excluding steroid dienone is 2. The molecule has 2 N–H and O–H groups in total. The number of hydrogen-bond acceptors (Lipinski definition) is 3. The number of imide groups is 1. The van der Waals surface area contributed by atoms with Crippen LogP contribution in [0.4, 0.5) is 0 Å². The van der Waals surface area contributed by atoms with Gasteiger partial charge in [0, 0.05) is 13.0 Å². The molecule has 0 spiro atoms. The van der Waals surface area contributed by atoms with E-state index in [2.05, 4.69) is 12.2 Å². The standard InChI is InChI=1S/C15H20N2O3/c16-11(18)4-2-1-3-7-17-14(19)12-9-5-6-10(8-9)13(12)15(17)20/h5-6,9-10,12-13H,1-4,7-8H2,(H2,16,18)/t9-,10+,12?,13?. The van der Waals surface area contributed by atoms with Crippen molar-refractivity contribution < 1.29 is 14.4 Å². The van der Waals surface area contributed by atoms with Gasteiger partial charge in [0.25, 0.3) is 0 Å². The quantitative estimate of drug-likeness (QED) is 0.443. The van der Waals surface area contributed by atoms with Crippen LogP contribution in [0.1, 0.15) is 32.1 Å². The molecule has 1 heterocycles. The van der Waals surface area contributed by atoms with Crippen molar-refractivity contribution in [3.8, 4) is 0 Å². The smallest absolute Gasteiger partial charge is 0.233 e. The van der Waals surface area contributed by atoms with Crippen molar-refractivity contribution in [2.24, 2.45) is 29.4 Å². The van der Waals surface area contributed by atoms with Gasteiger partial charge in [0.15, 0.2) is 0 Å². The molecule has 2 fully saturated rings. The molecule has 0 aromatic heterocycles. The predicted octanol–water partition coefficient (Wildman–Crippen LogP) is 0.839. The highest BCUT2D eigenvalue weighted by Crippen LogP contribution is 2.52. The molecule has 108 valence electrons. The molecule has 20 heavy (non-hydrogen) atoms. The van der Waals surface area contributed by atoms with Crippen molar-refractivity contribution in [1.29, 1.82) is 0 Å². The first kappa shape index (κ1) is 13.3. The van der Waals surface area contributed by atoms with Crippen LogP contribution < -0.4 is 5.73 Å².